The molecule has 1 aliphatic rings. The molecule has 1 N–H and O–H groups in total. The molecule has 0 aromatic heterocycles. The molecule has 0 saturated carbocycles. The number of rotatable bonds is 4. The first-order valence-electron chi connectivity index (χ1n) is 4.94. The Morgan fingerprint density at radius 1 is 1.50 bits per heavy atom. The van der Waals surface area contributed by atoms with Crippen LogP contribution >= 0.6 is 0 Å². The van der Waals surface area contributed by atoms with Gasteiger partial charge in [0.15, 0.2) is 0 Å². The number of amides is 1. The van der Waals surface area contributed by atoms with Gasteiger partial charge in [-0.05, 0) is 5.92 Å². The number of hydrogen-bond acceptors (Lipinski definition) is 2. The molecule has 16 heavy (non-hydrogen) atoms. The molecule has 1 saturated heterocycles. The molecule has 1 fully saturated rings. The topological polar surface area (TPSA) is 32.3 Å². The van der Waals surface area contributed by atoms with E-state index in [0.29, 0.717) is 0 Å². The van der Waals surface area contributed by atoms with Gasteiger partial charge in [-0.15, -0.1) is 0 Å². The van der Waals surface area contributed by atoms with Gasteiger partial charge >= 0.3 is 12.3 Å². The molecule has 0 bridgehead atoms. The van der Waals surface area contributed by atoms with Gasteiger partial charge in [0.05, 0.1) is 19.3 Å². The molecule has 0 aliphatic carbocycles. The fraction of sp³-hybridized carbons (Fsp3) is 0.889. The predicted molar refractivity (Wildman–Crippen MR) is 49.3 cm³/mol. The Balaban J connectivity index is 2.62. The summed E-state index contributed by atoms with van der Waals surface area (Å²) in [6.45, 7) is 2.17. The average molecular weight is 242 g/mol. The summed E-state index contributed by atoms with van der Waals surface area (Å²) >= 11 is 0. The SMILES string of the molecule is CC(C)C1NCN(CC(F)(F)C(F)F)C1=O. The smallest absolute Gasteiger partial charge is 0.322 e. The van der Waals surface area contributed by atoms with E-state index in [1.807, 2.05) is 0 Å². The molecule has 3 nitrogen and oxygen atoms in total. The highest BCUT2D eigenvalue weighted by molar-refractivity contribution is 5.84. The summed E-state index contributed by atoms with van der Waals surface area (Å²) < 4.78 is 49.3. The average Bonchev–Trinajstić information content (AvgIpc) is 2.47. The van der Waals surface area contributed by atoms with Crippen LogP contribution in [-0.4, -0.2) is 42.4 Å². The Hall–Kier alpha value is -0.850. The van der Waals surface area contributed by atoms with Crippen molar-refractivity contribution in [2.45, 2.75) is 32.2 Å². The Bertz CT molecular complexity index is 270. The van der Waals surface area contributed by atoms with Crippen molar-refractivity contribution in [2.75, 3.05) is 13.2 Å². The summed E-state index contributed by atoms with van der Waals surface area (Å²) in [6, 6.07) is -0.562. The molecule has 1 unspecified atom stereocenters. The summed E-state index contributed by atoms with van der Waals surface area (Å²) in [6.07, 6.45) is -3.75. The van der Waals surface area contributed by atoms with E-state index in [-0.39, 0.29) is 12.6 Å². The maximum absolute atomic E-state index is 12.7. The van der Waals surface area contributed by atoms with E-state index in [2.05, 4.69) is 5.32 Å². The zero-order valence-corrected chi connectivity index (χ0v) is 9.01. The van der Waals surface area contributed by atoms with Gasteiger partial charge in [-0.3, -0.25) is 10.1 Å². The van der Waals surface area contributed by atoms with Crippen LogP contribution in [0.4, 0.5) is 17.6 Å². The van der Waals surface area contributed by atoms with Crippen molar-refractivity contribution in [1.29, 1.82) is 0 Å². The zero-order valence-electron chi connectivity index (χ0n) is 9.01. The van der Waals surface area contributed by atoms with Crippen LogP contribution in [0.15, 0.2) is 0 Å². The lowest BCUT2D eigenvalue weighted by atomic mass is 10.1. The van der Waals surface area contributed by atoms with Crippen LogP contribution in [0.3, 0.4) is 0 Å². The predicted octanol–water partition coefficient (Wildman–Crippen LogP) is 1.30. The van der Waals surface area contributed by atoms with Crippen LogP contribution < -0.4 is 5.32 Å². The first-order chi connectivity index (χ1) is 7.25. The quantitative estimate of drug-likeness (QED) is 0.754. The van der Waals surface area contributed by atoms with Crippen molar-refractivity contribution in [3.05, 3.63) is 0 Å². The number of hydrogen-bond donors (Lipinski definition) is 1. The van der Waals surface area contributed by atoms with E-state index >= 15 is 0 Å². The number of nitrogens with one attached hydrogen (secondary N) is 1. The fourth-order valence-corrected chi connectivity index (χ4v) is 1.55. The number of halogens is 4. The molecule has 1 rings (SSSR count). The Kier molecular flexibility index (Phi) is 3.77. The van der Waals surface area contributed by atoms with Crippen molar-refractivity contribution < 1.29 is 22.4 Å². The van der Waals surface area contributed by atoms with Crippen LogP contribution in [0.25, 0.3) is 0 Å². The summed E-state index contributed by atoms with van der Waals surface area (Å²) in [5.74, 6) is -4.75. The normalized spacial score (nSPS) is 22.6. The lowest BCUT2D eigenvalue weighted by Crippen LogP contribution is -2.43. The molecule has 1 aliphatic heterocycles. The van der Waals surface area contributed by atoms with E-state index < -0.39 is 30.8 Å². The largest absolute Gasteiger partial charge is 0.324 e. The Morgan fingerprint density at radius 3 is 2.44 bits per heavy atom. The molecule has 1 heterocycles. The summed E-state index contributed by atoms with van der Waals surface area (Å²) in [7, 11) is 0. The molecular weight excluding hydrogens is 228 g/mol. The first kappa shape index (κ1) is 13.2. The molecule has 7 heteroatoms. The van der Waals surface area contributed by atoms with E-state index in [1.54, 1.807) is 13.8 Å². The maximum Gasteiger partial charge on any atom is 0.324 e. The molecule has 1 amide bonds. The summed E-state index contributed by atoms with van der Waals surface area (Å²) in [4.78, 5) is 12.3. The third-order valence-corrected chi connectivity index (χ3v) is 2.47. The van der Waals surface area contributed by atoms with Gasteiger partial charge in [-0.1, -0.05) is 13.8 Å². The van der Waals surface area contributed by atoms with E-state index in [0.717, 1.165) is 4.90 Å². The van der Waals surface area contributed by atoms with Gasteiger partial charge in [0, 0.05) is 0 Å². The van der Waals surface area contributed by atoms with Crippen molar-refractivity contribution in [3.8, 4) is 0 Å². The van der Waals surface area contributed by atoms with Gasteiger partial charge in [0.25, 0.3) is 0 Å². The Labute approximate surface area is 90.8 Å². The number of carbonyl (C=O) groups is 1. The highest BCUT2D eigenvalue weighted by Crippen LogP contribution is 2.25. The van der Waals surface area contributed by atoms with Gasteiger partial charge in [-0.2, -0.15) is 8.78 Å². The second-order valence-corrected chi connectivity index (χ2v) is 4.18. The summed E-state index contributed by atoms with van der Waals surface area (Å²) in [5, 5.41) is 2.72. The summed E-state index contributed by atoms with van der Waals surface area (Å²) in [5.41, 5.74) is 0. The standard InChI is InChI=1S/C9H14F4N2O/c1-5(2)6-7(16)15(4-14-6)3-9(12,13)8(10)11/h5-6,8,14H,3-4H2,1-2H3. The second-order valence-electron chi connectivity index (χ2n) is 4.18. The maximum atomic E-state index is 12.7. The van der Waals surface area contributed by atoms with Crippen LogP contribution in [0, 0.1) is 5.92 Å². The minimum atomic E-state index is -4.15. The third kappa shape index (κ3) is 2.63. The van der Waals surface area contributed by atoms with Crippen molar-refractivity contribution in [1.82, 2.24) is 10.2 Å². The molecule has 0 radical (unpaired) electrons. The highest BCUT2D eigenvalue weighted by Gasteiger charge is 2.46. The second kappa shape index (κ2) is 4.57. The van der Waals surface area contributed by atoms with Crippen LogP contribution in [-0.2, 0) is 4.79 Å². The Morgan fingerprint density at radius 2 is 2.06 bits per heavy atom. The fourth-order valence-electron chi connectivity index (χ4n) is 1.55. The van der Waals surface area contributed by atoms with Crippen LogP contribution in [0.2, 0.25) is 0 Å². The van der Waals surface area contributed by atoms with Crippen LogP contribution in [0.1, 0.15) is 13.8 Å². The van der Waals surface area contributed by atoms with E-state index in [9.17, 15) is 22.4 Å². The van der Waals surface area contributed by atoms with E-state index in [4.69, 9.17) is 0 Å². The zero-order chi connectivity index (χ0) is 12.5. The van der Waals surface area contributed by atoms with Crippen LogP contribution in [0.5, 0.6) is 0 Å². The van der Waals surface area contributed by atoms with Gasteiger partial charge in [-0.25, -0.2) is 8.78 Å². The van der Waals surface area contributed by atoms with Crippen molar-refractivity contribution in [3.63, 3.8) is 0 Å². The minimum absolute atomic E-state index is 0.0577. The monoisotopic (exact) mass is 242 g/mol. The van der Waals surface area contributed by atoms with E-state index in [1.165, 1.54) is 0 Å². The van der Waals surface area contributed by atoms with Crippen molar-refractivity contribution >= 4 is 5.91 Å². The van der Waals surface area contributed by atoms with Gasteiger partial charge in [0.1, 0.15) is 0 Å². The highest BCUT2D eigenvalue weighted by atomic mass is 19.3. The molecule has 1 atom stereocenters. The molecule has 94 valence electrons. The molecular formula is C9H14F4N2O. The molecule has 0 spiro atoms. The molecule has 0 aromatic carbocycles. The lowest BCUT2D eigenvalue weighted by Gasteiger charge is -2.22. The lowest BCUT2D eigenvalue weighted by molar-refractivity contribution is -0.153. The van der Waals surface area contributed by atoms with Crippen molar-refractivity contribution in [2.24, 2.45) is 5.92 Å². The number of carbonyl (C=O) groups excluding carboxylic acids is 1. The first-order valence-corrected chi connectivity index (χ1v) is 4.94. The van der Waals surface area contributed by atoms with Gasteiger partial charge in [0.2, 0.25) is 5.91 Å². The number of alkyl halides is 4. The van der Waals surface area contributed by atoms with Gasteiger partial charge < -0.3 is 4.90 Å². The third-order valence-electron chi connectivity index (χ3n) is 2.47. The minimum Gasteiger partial charge on any atom is -0.322 e. The number of nitrogens with zero attached hydrogens (tertiary/aromatic N) is 1. The molecule has 0 aromatic rings.